The van der Waals surface area contributed by atoms with Crippen LogP contribution in [0.15, 0.2) is 121 Å². The van der Waals surface area contributed by atoms with Crippen LogP contribution in [0, 0.1) is 19.7 Å². The van der Waals surface area contributed by atoms with E-state index in [0.717, 1.165) is 0 Å². The molecule has 3 aromatic carbocycles. The van der Waals surface area contributed by atoms with Crippen LogP contribution in [-0.2, 0) is 95.4 Å². The highest BCUT2D eigenvalue weighted by molar-refractivity contribution is 6.09. The van der Waals surface area contributed by atoms with Gasteiger partial charge in [0.05, 0.1) is 123 Å². The van der Waals surface area contributed by atoms with Crippen LogP contribution in [0.4, 0.5) is 33.1 Å². The molecule has 0 saturated carbocycles. The highest BCUT2D eigenvalue weighted by Gasteiger charge is 2.30. The van der Waals surface area contributed by atoms with Crippen molar-refractivity contribution < 1.29 is 95.2 Å². The Morgan fingerprint density at radius 3 is 1.50 bits per heavy atom. The van der Waals surface area contributed by atoms with Crippen molar-refractivity contribution in [2.75, 3.05) is 152 Å². The zero-order chi connectivity index (χ0) is 89.2. The van der Waals surface area contributed by atoms with E-state index in [2.05, 4.69) is 62.5 Å². The molecule has 124 heavy (non-hydrogen) atoms. The highest BCUT2D eigenvalue weighted by Crippen LogP contribution is 2.41. The summed E-state index contributed by atoms with van der Waals surface area (Å²) in [7, 11) is 9.71. The van der Waals surface area contributed by atoms with Crippen LogP contribution >= 0.6 is 0 Å². The second-order valence-electron chi connectivity index (χ2n) is 30.1. The standard InChI is InChI=1S/C85H107FN18O20/c1-53-41-56(86)42-54(2)73(53)124-67-18-13-55(85(5,6)114)43-61(67)63-50-104(12)83(113)72-62(63)46-64(93-72)77(107)90-57-14-16-60(17-15-57)123-40-39-122-38-37-121-36-35-120-34-33-119-32-31-118-30-29-117-28-27-116-26-25-115-24-22-89-80(110)75-96-69(52-102(75)10)95-71(106)47-84(3,4)98-79(109)66-45-59(49-101(66)9)92-82(112)76-97-68(51-103(76)11)94-70(105)19-20-88-78(108)65-44-58(48-100(65)8)91-81(111)74-87-21-23-99(74)7/h13-18,21,23,41-46,48-52,93,114H,19-20,22,24-40,47H2,1-12H3,(H,88,108)(H,89,110)(H,90,107)(H,91,111)(H,92,112)(H,94,105)(H,95,106)(H,98,109). The van der Waals surface area contributed by atoms with Gasteiger partial charge < -0.3 is 127 Å². The average Bonchev–Trinajstić information content (AvgIpc) is 1.54. The van der Waals surface area contributed by atoms with E-state index >= 15 is 0 Å². The first-order valence-electron chi connectivity index (χ1n) is 40.0. The molecule has 664 valence electrons. The molecule has 38 nitrogen and oxygen atoms in total. The maximum absolute atomic E-state index is 14.3. The number of hydrogen-bond donors (Lipinski definition) is 10. The summed E-state index contributed by atoms with van der Waals surface area (Å²) in [4.78, 5) is 134. The predicted molar refractivity (Wildman–Crippen MR) is 456 cm³/mol. The maximum Gasteiger partial charge on any atom is 0.291 e. The van der Waals surface area contributed by atoms with Gasteiger partial charge in [-0.05, 0) is 125 Å². The van der Waals surface area contributed by atoms with Crippen molar-refractivity contribution in [3.8, 4) is 28.4 Å². The largest absolute Gasteiger partial charge is 0.491 e. The summed E-state index contributed by atoms with van der Waals surface area (Å²) in [5.74, 6) is -2.61. The lowest BCUT2D eigenvalue weighted by molar-refractivity contribution is -0.117. The molecule has 39 heteroatoms. The molecule has 8 amide bonds. The third-order valence-electron chi connectivity index (χ3n) is 19.0. The van der Waals surface area contributed by atoms with Crippen molar-refractivity contribution in [3.63, 3.8) is 0 Å². The molecule has 7 aromatic heterocycles. The fourth-order valence-corrected chi connectivity index (χ4v) is 12.8. The Kier molecular flexibility index (Phi) is 33.5. The smallest absolute Gasteiger partial charge is 0.291 e. The normalized spacial score (nSPS) is 11.6. The number of pyridine rings is 1. The van der Waals surface area contributed by atoms with Crippen LogP contribution in [0.2, 0.25) is 0 Å². The van der Waals surface area contributed by atoms with Gasteiger partial charge in [0.1, 0.15) is 52.3 Å². The van der Waals surface area contributed by atoms with Gasteiger partial charge in [-0.15, -0.1) is 0 Å². The van der Waals surface area contributed by atoms with E-state index in [1.807, 2.05) is 0 Å². The van der Waals surface area contributed by atoms with E-state index in [1.165, 1.54) is 71.9 Å². The first-order chi connectivity index (χ1) is 59.3. The highest BCUT2D eigenvalue weighted by atomic mass is 19.1. The topological polar surface area (TPSA) is 446 Å². The van der Waals surface area contributed by atoms with Gasteiger partial charge >= 0.3 is 0 Å². The summed E-state index contributed by atoms with van der Waals surface area (Å²) in [6.07, 6.45) is 10.5. The Morgan fingerprint density at radius 2 is 0.968 bits per heavy atom. The van der Waals surface area contributed by atoms with E-state index in [1.54, 1.807) is 156 Å². The zero-order valence-electron chi connectivity index (χ0n) is 71.4. The summed E-state index contributed by atoms with van der Waals surface area (Å²) in [5.41, 5.74) is 2.07. The second-order valence-corrected chi connectivity index (χ2v) is 30.1. The van der Waals surface area contributed by atoms with Crippen LogP contribution in [0.5, 0.6) is 17.2 Å². The van der Waals surface area contributed by atoms with E-state index in [9.17, 15) is 52.6 Å². The van der Waals surface area contributed by atoms with Gasteiger partial charge in [-0.25, -0.2) is 19.3 Å². The average molecular weight is 1720 g/mol. The van der Waals surface area contributed by atoms with Gasteiger partial charge in [0.25, 0.3) is 41.0 Å². The third kappa shape index (κ3) is 27.1. The number of hydrogen-bond acceptors (Lipinski definition) is 23. The molecule has 0 atom stereocenters. The number of H-pyrrole nitrogens is 1. The number of nitrogens with one attached hydrogen (secondary N) is 9. The van der Waals surface area contributed by atoms with Crippen molar-refractivity contribution >= 4 is 86.9 Å². The van der Waals surface area contributed by atoms with Crippen molar-refractivity contribution in [2.45, 2.75) is 65.5 Å². The number of nitrogens with zero attached hydrogens (tertiary/aromatic N) is 9. The van der Waals surface area contributed by atoms with Gasteiger partial charge in [0.15, 0.2) is 17.5 Å². The monoisotopic (exact) mass is 1720 g/mol. The molecular formula is C85H107FN18O20. The lowest BCUT2D eigenvalue weighted by Crippen LogP contribution is -2.46. The van der Waals surface area contributed by atoms with Crippen LogP contribution in [0.3, 0.4) is 0 Å². The summed E-state index contributed by atoms with van der Waals surface area (Å²) < 4.78 is 80.1. The number of anilines is 5. The van der Waals surface area contributed by atoms with Crippen molar-refractivity contribution in [2.24, 2.45) is 42.3 Å². The predicted octanol–water partition coefficient (Wildman–Crippen LogP) is 7.18. The van der Waals surface area contributed by atoms with E-state index in [-0.39, 0.29) is 115 Å². The van der Waals surface area contributed by atoms with Gasteiger partial charge in [0.2, 0.25) is 23.5 Å². The number of aromatic amines is 1. The van der Waals surface area contributed by atoms with Crippen LogP contribution in [-0.4, -0.2) is 231 Å². The number of rotatable bonds is 49. The molecule has 0 fully saturated rings. The number of imidazole rings is 3. The molecule has 0 unspecified atom stereocenters. The minimum Gasteiger partial charge on any atom is -0.491 e. The summed E-state index contributed by atoms with van der Waals surface area (Å²) >= 11 is 0. The second kappa shape index (κ2) is 44.4. The summed E-state index contributed by atoms with van der Waals surface area (Å²) in [5, 5.41) is 33.3. The fourth-order valence-electron chi connectivity index (χ4n) is 12.8. The zero-order valence-corrected chi connectivity index (χ0v) is 71.4. The molecule has 0 aliphatic rings. The van der Waals surface area contributed by atoms with Gasteiger partial charge in [-0.3, -0.25) is 43.2 Å². The van der Waals surface area contributed by atoms with Crippen molar-refractivity contribution in [3.05, 3.63) is 184 Å². The molecule has 10 rings (SSSR count). The minimum atomic E-state index is -1.23. The molecule has 0 aliphatic heterocycles. The third-order valence-corrected chi connectivity index (χ3v) is 19.0. The molecule has 0 radical (unpaired) electrons. The quantitative estimate of drug-likeness (QED) is 0.0169. The van der Waals surface area contributed by atoms with Crippen molar-refractivity contribution in [1.29, 1.82) is 0 Å². The number of carbonyl (C=O) groups excluding carboxylic acids is 8. The molecular weight excluding hydrogens is 1610 g/mol. The van der Waals surface area contributed by atoms with E-state index in [4.69, 9.17) is 47.4 Å². The lowest BCUT2D eigenvalue weighted by Gasteiger charge is -2.25. The number of aliphatic hydroxyl groups is 1. The number of carbonyl (C=O) groups is 8. The number of aromatic nitrogens is 10. The Labute approximate surface area is 714 Å². The van der Waals surface area contributed by atoms with Crippen LogP contribution < -0.4 is 57.6 Å². The van der Waals surface area contributed by atoms with Gasteiger partial charge in [-0.1, -0.05) is 6.07 Å². The number of aryl methyl sites for hydroxylation is 8. The maximum atomic E-state index is 14.3. The number of fused-ring (bicyclic) bond motifs is 1. The Morgan fingerprint density at radius 1 is 0.476 bits per heavy atom. The number of halogens is 1. The van der Waals surface area contributed by atoms with E-state index in [0.29, 0.717) is 154 Å². The van der Waals surface area contributed by atoms with Crippen LogP contribution in [0.1, 0.15) is 121 Å². The fraction of sp³-hybridized carbons (Fsp3) is 0.412. The first kappa shape index (κ1) is 93.5. The molecule has 7 heterocycles. The SMILES string of the molecule is Cc1cc(F)cc(C)c1Oc1ccc(C(C)(C)O)cc1-c1cn(C)c(=O)c2[nH]c(C(=O)Nc3ccc(OCCOCCOCCOCCOCCOCCOCCOCCOCCNC(=O)c4nc(NC(=O)CC(C)(C)NC(=O)c5cc(NC(=O)c6nc(NC(=O)CCNC(=O)c7cc(NC(=O)c8nccn8C)cn7C)cn6C)cn5C)cn4C)cc3)cc12. The molecule has 10 aromatic rings. The first-order valence-corrected chi connectivity index (χ1v) is 40.0. The lowest BCUT2D eigenvalue weighted by atomic mass is 9.93. The number of amides is 8. The van der Waals surface area contributed by atoms with Crippen molar-refractivity contribution in [1.82, 2.24) is 63.3 Å². The Balaban J connectivity index is 0.494. The van der Waals surface area contributed by atoms with E-state index < -0.39 is 58.4 Å². The van der Waals surface area contributed by atoms with Gasteiger partial charge in [-0.2, -0.15) is 0 Å². The Hall–Kier alpha value is -12.7. The number of benzene rings is 3. The molecule has 0 aliphatic carbocycles. The summed E-state index contributed by atoms with van der Waals surface area (Å²) in [6.45, 7) is 16.3. The van der Waals surface area contributed by atoms with Crippen LogP contribution in [0.25, 0.3) is 22.0 Å². The molecule has 0 saturated heterocycles. The molecule has 0 bridgehead atoms. The number of ether oxygens (including phenoxy) is 10. The summed E-state index contributed by atoms with van der Waals surface area (Å²) in [6, 6.07) is 19.4. The molecule has 10 N–H and O–H groups in total. The minimum absolute atomic E-state index is 0.0315. The van der Waals surface area contributed by atoms with Gasteiger partial charge in [0, 0.05) is 139 Å². The molecule has 0 spiro atoms. The Bertz CT molecular complexity index is 5410.